The highest BCUT2D eigenvalue weighted by Gasteiger charge is 2.39. The summed E-state index contributed by atoms with van der Waals surface area (Å²) in [5, 5.41) is 0. The number of para-hydroxylation sites is 1. The Labute approximate surface area is 101 Å². The molecule has 0 amide bonds. The third-order valence-corrected chi connectivity index (χ3v) is 1.92. The third-order valence-electron chi connectivity index (χ3n) is 1.92. The van der Waals surface area contributed by atoms with Gasteiger partial charge in [-0.15, -0.1) is 0 Å². The fourth-order valence-electron chi connectivity index (χ4n) is 1.08. The predicted octanol–water partition coefficient (Wildman–Crippen LogP) is 2.22. The number of benzene rings is 1. The first-order valence-corrected chi connectivity index (χ1v) is 4.87. The molecule has 98 valence electrons. The van der Waals surface area contributed by atoms with Crippen molar-refractivity contribution in [2.75, 3.05) is 12.5 Å². The summed E-state index contributed by atoms with van der Waals surface area (Å²) in [6.07, 6.45) is -4.27. The van der Waals surface area contributed by atoms with E-state index in [1.165, 1.54) is 0 Å². The second kappa shape index (κ2) is 5.95. The molecule has 0 bridgehead atoms. The molecule has 0 heterocycles. The molecule has 0 spiro atoms. The molecule has 0 aliphatic carbocycles. The predicted molar refractivity (Wildman–Crippen MR) is 59.4 cm³/mol. The molecule has 0 aliphatic rings. The minimum atomic E-state index is -4.78. The van der Waals surface area contributed by atoms with Gasteiger partial charge >= 0.3 is 12.1 Å². The molecule has 0 saturated heterocycles. The molecule has 7 heteroatoms. The fraction of sp³-hybridized carbons (Fsp3) is 0.182. The van der Waals surface area contributed by atoms with Crippen LogP contribution in [0.1, 0.15) is 0 Å². The van der Waals surface area contributed by atoms with E-state index in [1.54, 1.807) is 30.3 Å². The standard InChI is InChI=1S/C11H11F3N2O2/c1-18-10(17)9(11(12,13)14)7-15-16-8-5-3-2-4-6-8/h2-7,15-16H,1H3/b9-7-. The van der Waals surface area contributed by atoms with Gasteiger partial charge in [-0.25, -0.2) is 4.79 Å². The minimum Gasteiger partial charge on any atom is -0.465 e. The number of esters is 1. The number of hydrogen-bond donors (Lipinski definition) is 2. The van der Waals surface area contributed by atoms with Gasteiger partial charge < -0.3 is 15.6 Å². The largest absolute Gasteiger partial charge is 0.465 e. The third kappa shape index (κ3) is 4.00. The molecule has 0 radical (unpaired) electrons. The number of methoxy groups -OCH3 is 1. The first-order valence-electron chi connectivity index (χ1n) is 4.87. The molecule has 0 fully saturated rings. The molecular formula is C11H11F3N2O2. The Kier molecular flexibility index (Phi) is 4.59. The molecule has 2 N–H and O–H groups in total. The Morgan fingerprint density at radius 2 is 1.89 bits per heavy atom. The van der Waals surface area contributed by atoms with Crippen LogP contribution in [0.5, 0.6) is 0 Å². The lowest BCUT2D eigenvalue weighted by Crippen LogP contribution is -2.25. The quantitative estimate of drug-likeness (QED) is 0.495. The van der Waals surface area contributed by atoms with E-state index in [-0.39, 0.29) is 0 Å². The van der Waals surface area contributed by atoms with E-state index >= 15 is 0 Å². The summed E-state index contributed by atoms with van der Waals surface area (Å²) in [5.74, 6) is -1.45. The first kappa shape index (κ1) is 13.9. The molecule has 1 rings (SSSR count). The summed E-state index contributed by atoms with van der Waals surface area (Å²) in [7, 11) is 0.881. The lowest BCUT2D eigenvalue weighted by atomic mass is 10.3. The highest BCUT2D eigenvalue weighted by molar-refractivity contribution is 5.89. The normalized spacial score (nSPS) is 11.9. The number of rotatable bonds is 4. The summed E-state index contributed by atoms with van der Waals surface area (Å²) in [6.45, 7) is 0. The molecule has 0 unspecified atom stereocenters. The Balaban J connectivity index is 2.70. The van der Waals surface area contributed by atoms with E-state index in [9.17, 15) is 18.0 Å². The summed E-state index contributed by atoms with van der Waals surface area (Å²) in [4.78, 5) is 10.9. The van der Waals surface area contributed by atoms with Crippen molar-refractivity contribution in [3.05, 3.63) is 42.1 Å². The number of hydrogen-bond acceptors (Lipinski definition) is 4. The van der Waals surface area contributed by atoms with Gasteiger partial charge in [0.1, 0.15) is 0 Å². The van der Waals surface area contributed by atoms with Crippen LogP contribution in [0, 0.1) is 0 Å². The number of ether oxygens (including phenoxy) is 1. The number of carbonyl (C=O) groups is 1. The van der Waals surface area contributed by atoms with E-state index in [4.69, 9.17) is 0 Å². The number of nitrogens with one attached hydrogen (secondary N) is 2. The van der Waals surface area contributed by atoms with Crippen molar-refractivity contribution in [2.24, 2.45) is 0 Å². The first-order chi connectivity index (χ1) is 8.45. The second-order valence-electron chi connectivity index (χ2n) is 3.18. The van der Waals surface area contributed by atoms with Crippen LogP contribution in [0.4, 0.5) is 18.9 Å². The number of anilines is 1. The van der Waals surface area contributed by atoms with E-state index in [2.05, 4.69) is 15.6 Å². The molecule has 1 aromatic carbocycles. The van der Waals surface area contributed by atoms with Crippen LogP contribution in [-0.2, 0) is 9.53 Å². The SMILES string of the molecule is COC(=O)/C(=C/NNc1ccccc1)C(F)(F)F. The Hall–Kier alpha value is -2.18. The highest BCUT2D eigenvalue weighted by Crippen LogP contribution is 2.25. The Morgan fingerprint density at radius 3 is 2.39 bits per heavy atom. The van der Waals surface area contributed by atoms with Crippen LogP contribution in [0.3, 0.4) is 0 Å². The molecule has 18 heavy (non-hydrogen) atoms. The molecule has 4 nitrogen and oxygen atoms in total. The zero-order valence-electron chi connectivity index (χ0n) is 9.41. The van der Waals surface area contributed by atoms with Gasteiger partial charge in [-0.05, 0) is 12.1 Å². The molecule has 0 aliphatic heterocycles. The average Bonchev–Trinajstić information content (AvgIpc) is 2.33. The number of carbonyl (C=O) groups excluding carboxylic acids is 1. The smallest absolute Gasteiger partial charge is 0.424 e. The Morgan fingerprint density at radius 1 is 1.28 bits per heavy atom. The van der Waals surface area contributed by atoms with Crippen molar-refractivity contribution in [2.45, 2.75) is 6.18 Å². The van der Waals surface area contributed by atoms with Gasteiger partial charge in [0, 0.05) is 6.20 Å². The number of hydrazine groups is 1. The van der Waals surface area contributed by atoms with Gasteiger partial charge in [0.2, 0.25) is 0 Å². The van der Waals surface area contributed by atoms with E-state index in [0.717, 1.165) is 7.11 Å². The van der Waals surface area contributed by atoms with Crippen LogP contribution >= 0.6 is 0 Å². The number of halogens is 3. The summed E-state index contributed by atoms with van der Waals surface area (Å²) in [5.41, 5.74) is 3.82. The van der Waals surface area contributed by atoms with Crippen molar-refractivity contribution in [1.82, 2.24) is 5.43 Å². The van der Waals surface area contributed by atoms with Crippen molar-refractivity contribution < 1.29 is 22.7 Å². The molecule has 0 saturated carbocycles. The molecule has 0 atom stereocenters. The van der Waals surface area contributed by atoms with E-state index in [1.807, 2.05) is 0 Å². The van der Waals surface area contributed by atoms with Gasteiger partial charge in [0.15, 0.2) is 5.57 Å². The summed E-state index contributed by atoms with van der Waals surface area (Å²) in [6, 6.07) is 8.46. The minimum absolute atomic E-state index is 0.513. The maximum atomic E-state index is 12.4. The van der Waals surface area contributed by atoms with E-state index in [0.29, 0.717) is 11.9 Å². The van der Waals surface area contributed by atoms with Gasteiger partial charge in [-0.1, -0.05) is 18.2 Å². The van der Waals surface area contributed by atoms with Gasteiger partial charge in [-0.3, -0.25) is 0 Å². The van der Waals surface area contributed by atoms with Gasteiger partial charge in [0.05, 0.1) is 12.8 Å². The Bertz CT molecular complexity index is 430. The van der Waals surface area contributed by atoms with Crippen molar-refractivity contribution >= 4 is 11.7 Å². The van der Waals surface area contributed by atoms with Crippen molar-refractivity contribution in [3.63, 3.8) is 0 Å². The van der Waals surface area contributed by atoms with Gasteiger partial charge in [-0.2, -0.15) is 13.2 Å². The van der Waals surface area contributed by atoms with Crippen molar-refractivity contribution in [1.29, 1.82) is 0 Å². The van der Waals surface area contributed by atoms with Crippen LogP contribution in [0.2, 0.25) is 0 Å². The monoisotopic (exact) mass is 260 g/mol. The van der Waals surface area contributed by atoms with E-state index < -0.39 is 17.7 Å². The molecule has 1 aromatic rings. The zero-order chi connectivity index (χ0) is 13.6. The lowest BCUT2D eigenvalue weighted by Gasteiger charge is -2.11. The highest BCUT2D eigenvalue weighted by atomic mass is 19.4. The van der Waals surface area contributed by atoms with Gasteiger partial charge in [0.25, 0.3) is 0 Å². The van der Waals surface area contributed by atoms with Crippen molar-refractivity contribution in [3.8, 4) is 0 Å². The van der Waals surface area contributed by atoms with Crippen LogP contribution in [0.25, 0.3) is 0 Å². The van der Waals surface area contributed by atoms with Crippen LogP contribution in [-0.4, -0.2) is 19.3 Å². The average molecular weight is 260 g/mol. The topological polar surface area (TPSA) is 50.4 Å². The maximum Gasteiger partial charge on any atom is 0.424 e. The second-order valence-corrected chi connectivity index (χ2v) is 3.18. The summed E-state index contributed by atoms with van der Waals surface area (Å²) >= 11 is 0. The van der Waals surface area contributed by atoms with Crippen LogP contribution < -0.4 is 10.9 Å². The fourth-order valence-corrected chi connectivity index (χ4v) is 1.08. The number of alkyl halides is 3. The summed E-state index contributed by atoms with van der Waals surface area (Å²) < 4.78 is 41.4. The molecule has 0 aromatic heterocycles. The van der Waals surface area contributed by atoms with Crippen LogP contribution in [0.15, 0.2) is 42.1 Å². The molecular weight excluding hydrogens is 249 g/mol. The lowest BCUT2D eigenvalue weighted by molar-refractivity contribution is -0.148. The maximum absolute atomic E-state index is 12.4. The zero-order valence-corrected chi connectivity index (χ0v) is 9.41.